The number of carbonyl (C=O) groups excluding carboxylic acids is 4. The van der Waals surface area contributed by atoms with Gasteiger partial charge in [-0.3, -0.25) is 19.3 Å². The van der Waals surface area contributed by atoms with Crippen LogP contribution in [0.15, 0.2) is 18.2 Å². The van der Waals surface area contributed by atoms with Crippen LogP contribution >= 0.6 is 11.6 Å². The lowest BCUT2D eigenvalue weighted by molar-refractivity contribution is -0.163. The molecule has 1 aliphatic heterocycles. The Hall–Kier alpha value is -2.41. The predicted octanol–water partition coefficient (Wildman–Crippen LogP) is 3.08. The highest BCUT2D eigenvalue weighted by Crippen LogP contribution is 2.39. The van der Waals surface area contributed by atoms with Gasteiger partial charge in [0.1, 0.15) is 6.04 Å². The van der Waals surface area contributed by atoms with Crippen molar-refractivity contribution in [2.75, 3.05) is 5.32 Å². The van der Waals surface area contributed by atoms with Gasteiger partial charge in [0.15, 0.2) is 6.10 Å². The number of likely N-dealkylation sites (tertiary alicyclic amines) is 1. The molecule has 1 N–H and O–H groups in total. The Labute approximate surface area is 174 Å². The SMILES string of the molecule is Cc1c(Cl)cccc1NC(=O)[C@@H](C)OC(=O)[C@H](C)N1C(=O)[C@H]2CCCC[C@H]2C1=O. The zero-order valence-electron chi connectivity index (χ0n) is 16.7. The predicted molar refractivity (Wildman–Crippen MR) is 107 cm³/mol. The number of nitrogens with one attached hydrogen (secondary N) is 1. The lowest BCUT2D eigenvalue weighted by Crippen LogP contribution is -2.46. The number of ether oxygens (including phenoxy) is 1. The first-order chi connectivity index (χ1) is 13.7. The number of imide groups is 1. The third kappa shape index (κ3) is 4.15. The average Bonchev–Trinajstić information content (AvgIpc) is 2.95. The molecule has 3 rings (SSSR count). The lowest BCUT2D eigenvalue weighted by atomic mass is 9.81. The molecule has 0 aromatic heterocycles. The minimum Gasteiger partial charge on any atom is -0.451 e. The second-order valence-electron chi connectivity index (χ2n) is 7.70. The van der Waals surface area contributed by atoms with Crippen LogP contribution in [0.2, 0.25) is 5.02 Å². The fourth-order valence-electron chi connectivity index (χ4n) is 3.98. The number of halogens is 1. The van der Waals surface area contributed by atoms with E-state index in [9.17, 15) is 19.2 Å². The molecule has 156 valence electrons. The summed E-state index contributed by atoms with van der Waals surface area (Å²) in [6, 6.07) is 4.04. The normalized spacial score (nSPS) is 23.4. The molecule has 1 aromatic carbocycles. The van der Waals surface area contributed by atoms with Crippen LogP contribution in [-0.4, -0.2) is 40.7 Å². The number of hydrogen-bond donors (Lipinski definition) is 1. The van der Waals surface area contributed by atoms with Gasteiger partial charge in [-0.2, -0.15) is 0 Å². The number of carbonyl (C=O) groups is 4. The number of esters is 1. The molecular weight excluding hydrogens is 396 g/mol. The van der Waals surface area contributed by atoms with E-state index in [1.165, 1.54) is 13.8 Å². The first-order valence-corrected chi connectivity index (χ1v) is 10.2. The van der Waals surface area contributed by atoms with Crippen molar-refractivity contribution >= 4 is 41.0 Å². The van der Waals surface area contributed by atoms with Crippen molar-refractivity contribution in [1.82, 2.24) is 4.90 Å². The van der Waals surface area contributed by atoms with E-state index in [0.717, 1.165) is 17.7 Å². The van der Waals surface area contributed by atoms with Gasteiger partial charge in [-0.15, -0.1) is 0 Å². The zero-order chi connectivity index (χ0) is 21.3. The number of fused-ring (bicyclic) bond motifs is 1. The van der Waals surface area contributed by atoms with Crippen molar-refractivity contribution in [2.45, 2.75) is 58.6 Å². The number of amides is 3. The summed E-state index contributed by atoms with van der Waals surface area (Å²) >= 11 is 6.05. The Kier molecular flexibility index (Phi) is 6.27. The van der Waals surface area contributed by atoms with Gasteiger partial charge in [-0.05, 0) is 51.3 Å². The standard InChI is InChI=1S/C21H25ClN2O5/c1-11-16(22)9-6-10-17(11)23-18(25)13(3)29-21(28)12(2)24-19(26)14-7-4-5-8-15(14)20(24)27/h6,9-10,12-15H,4-5,7-8H2,1-3H3,(H,23,25)/t12-,13+,14-,15+/m0/s1. The highest BCUT2D eigenvalue weighted by molar-refractivity contribution is 6.31. The van der Waals surface area contributed by atoms with Gasteiger partial charge >= 0.3 is 5.97 Å². The summed E-state index contributed by atoms with van der Waals surface area (Å²) in [4.78, 5) is 51.2. The van der Waals surface area contributed by atoms with Crippen LogP contribution in [0.5, 0.6) is 0 Å². The minimum atomic E-state index is -1.10. The Morgan fingerprint density at radius 2 is 1.72 bits per heavy atom. The maximum Gasteiger partial charge on any atom is 0.329 e. The zero-order valence-corrected chi connectivity index (χ0v) is 17.5. The molecule has 1 saturated heterocycles. The van der Waals surface area contributed by atoms with E-state index in [1.807, 2.05) is 0 Å². The van der Waals surface area contributed by atoms with Crippen LogP contribution in [0.3, 0.4) is 0 Å². The Morgan fingerprint density at radius 1 is 1.14 bits per heavy atom. The van der Waals surface area contributed by atoms with Crippen molar-refractivity contribution in [1.29, 1.82) is 0 Å². The molecule has 7 nitrogen and oxygen atoms in total. The second kappa shape index (κ2) is 8.53. The maximum atomic E-state index is 12.6. The van der Waals surface area contributed by atoms with Crippen LogP contribution in [-0.2, 0) is 23.9 Å². The van der Waals surface area contributed by atoms with Crippen LogP contribution in [0, 0.1) is 18.8 Å². The van der Waals surface area contributed by atoms with Gasteiger partial charge in [0, 0.05) is 10.7 Å². The second-order valence-corrected chi connectivity index (χ2v) is 8.11. The van der Waals surface area contributed by atoms with E-state index >= 15 is 0 Å². The van der Waals surface area contributed by atoms with Gasteiger partial charge in [0.25, 0.3) is 5.91 Å². The molecule has 0 bridgehead atoms. The molecule has 2 aliphatic rings. The van der Waals surface area contributed by atoms with Gasteiger partial charge in [0.05, 0.1) is 11.8 Å². The highest BCUT2D eigenvalue weighted by Gasteiger charge is 2.51. The summed E-state index contributed by atoms with van der Waals surface area (Å²) in [5, 5.41) is 3.18. The van der Waals surface area contributed by atoms with Gasteiger partial charge in [-0.1, -0.05) is 30.5 Å². The summed E-state index contributed by atoms with van der Waals surface area (Å²) in [6.07, 6.45) is 2.06. The van der Waals surface area contributed by atoms with E-state index in [4.69, 9.17) is 16.3 Å². The largest absolute Gasteiger partial charge is 0.451 e. The fourth-order valence-corrected chi connectivity index (χ4v) is 4.15. The van der Waals surface area contributed by atoms with Crippen LogP contribution in [0.4, 0.5) is 5.69 Å². The molecule has 3 amide bonds. The third-order valence-corrected chi connectivity index (χ3v) is 6.20. The summed E-state index contributed by atoms with van der Waals surface area (Å²) in [7, 11) is 0. The Balaban J connectivity index is 1.63. The van der Waals surface area contributed by atoms with Crippen molar-refractivity contribution < 1.29 is 23.9 Å². The van der Waals surface area contributed by atoms with Crippen LogP contribution < -0.4 is 5.32 Å². The van der Waals surface area contributed by atoms with E-state index in [-0.39, 0.29) is 23.7 Å². The quantitative estimate of drug-likeness (QED) is 0.583. The van der Waals surface area contributed by atoms with Crippen molar-refractivity contribution in [2.24, 2.45) is 11.8 Å². The Bertz CT molecular complexity index is 831. The number of rotatable bonds is 5. The molecular formula is C21H25ClN2O5. The van der Waals surface area contributed by atoms with Crippen molar-refractivity contribution in [3.63, 3.8) is 0 Å². The third-order valence-electron chi connectivity index (χ3n) is 5.79. The Morgan fingerprint density at radius 3 is 2.31 bits per heavy atom. The molecule has 1 aromatic rings. The van der Waals surface area contributed by atoms with E-state index in [2.05, 4.69) is 5.32 Å². The van der Waals surface area contributed by atoms with Crippen molar-refractivity contribution in [3.8, 4) is 0 Å². The average molecular weight is 421 g/mol. The minimum absolute atomic E-state index is 0.309. The van der Waals surface area contributed by atoms with Gasteiger partial charge in [-0.25, -0.2) is 4.79 Å². The summed E-state index contributed by atoms with van der Waals surface area (Å²) in [6.45, 7) is 4.66. The molecule has 0 spiro atoms. The lowest BCUT2D eigenvalue weighted by Gasteiger charge is -2.23. The maximum absolute atomic E-state index is 12.6. The number of anilines is 1. The number of benzene rings is 1. The van der Waals surface area contributed by atoms with E-state index < -0.39 is 24.0 Å². The smallest absolute Gasteiger partial charge is 0.329 e. The molecule has 0 radical (unpaired) electrons. The number of nitrogens with zero attached hydrogens (tertiary/aromatic N) is 1. The highest BCUT2D eigenvalue weighted by atomic mass is 35.5. The van der Waals surface area contributed by atoms with Crippen LogP contribution in [0.1, 0.15) is 45.1 Å². The molecule has 0 unspecified atom stereocenters. The fraction of sp³-hybridized carbons (Fsp3) is 0.524. The molecule has 2 fully saturated rings. The van der Waals surface area contributed by atoms with Crippen LogP contribution in [0.25, 0.3) is 0 Å². The first-order valence-electron chi connectivity index (χ1n) is 9.85. The molecule has 1 saturated carbocycles. The summed E-state index contributed by atoms with van der Waals surface area (Å²) < 4.78 is 5.25. The monoisotopic (exact) mass is 420 g/mol. The number of hydrogen-bond acceptors (Lipinski definition) is 5. The van der Waals surface area contributed by atoms with Crippen molar-refractivity contribution in [3.05, 3.63) is 28.8 Å². The molecule has 8 heteroatoms. The van der Waals surface area contributed by atoms with Gasteiger partial charge in [0.2, 0.25) is 11.8 Å². The molecule has 1 aliphatic carbocycles. The molecule has 29 heavy (non-hydrogen) atoms. The molecule has 1 heterocycles. The topological polar surface area (TPSA) is 92.8 Å². The summed E-state index contributed by atoms with van der Waals surface area (Å²) in [5.41, 5.74) is 1.22. The van der Waals surface area contributed by atoms with E-state index in [0.29, 0.717) is 29.1 Å². The van der Waals surface area contributed by atoms with E-state index in [1.54, 1.807) is 25.1 Å². The molecule has 4 atom stereocenters. The van der Waals surface area contributed by atoms with Gasteiger partial charge < -0.3 is 10.1 Å². The summed E-state index contributed by atoms with van der Waals surface area (Å²) in [5.74, 6) is -2.60. The first kappa shape index (κ1) is 21.3.